The molecular formula is C16H25ClN2O2. The number of benzene rings is 1. The lowest BCUT2D eigenvalue weighted by Crippen LogP contribution is -2.40. The van der Waals surface area contributed by atoms with Crippen LogP contribution in [-0.2, 0) is 4.79 Å². The number of amides is 1. The van der Waals surface area contributed by atoms with E-state index in [1.165, 1.54) is 5.56 Å². The van der Waals surface area contributed by atoms with Crippen molar-refractivity contribution in [2.45, 2.75) is 38.1 Å². The minimum absolute atomic E-state index is 0. The number of carbonyl (C=O) groups excluding carboxylic acids is 1. The molecule has 0 saturated carbocycles. The first-order valence-electron chi connectivity index (χ1n) is 7.29. The van der Waals surface area contributed by atoms with E-state index < -0.39 is 0 Å². The Hall–Kier alpha value is -1.26. The third-order valence-corrected chi connectivity index (χ3v) is 4.14. The molecule has 118 valence electrons. The van der Waals surface area contributed by atoms with Crippen LogP contribution in [0, 0.1) is 0 Å². The van der Waals surface area contributed by atoms with Crippen molar-refractivity contribution in [2.75, 3.05) is 20.2 Å². The summed E-state index contributed by atoms with van der Waals surface area (Å²) in [4.78, 5) is 14.3. The van der Waals surface area contributed by atoms with Crippen LogP contribution in [0.15, 0.2) is 24.3 Å². The highest BCUT2D eigenvalue weighted by molar-refractivity contribution is 5.85. The van der Waals surface area contributed by atoms with Crippen molar-refractivity contribution in [1.29, 1.82) is 0 Å². The average molecular weight is 313 g/mol. The third kappa shape index (κ3) is 4.35. The molecule has 2 rings (SSSR count). The second-order valence-electron chi connectivity index (χ2n) is 5.50. The number of rotatable bonds is 5. The summed E-state index contributed by atoms with van der Waals surface area (Å²) in [6.45, 7) is 3.52. The topological polar surface area (TPSA) is 55.6 Å². The predicted molar refractivity (Wildman–Crippen MR) is 87.1 cm³/mol. The number of likely N-dealkylation sites (tertiary alicyclic amines) is 1. The zero-order chi connectivity index (χ0) is 14.5. The van der Waals surface area contributed by atoms with Gasteiger partial charge in [0.25, 0.3) is 0 Å². The zero-order valence-corrected chi connectivity index (χ0v) is 13.6. The molecule has 1 aromatic rings. The first kappa shape index (κ1) is 17.8. The number of carbonyl (C=O) groups is 1. The first-order valence-corrected chi connectivity index (χ1v) is 7.29. The largest absolute Gasteiger partial charge is 0.497 e. The Labute approximate surface area is 133 Å². The van der Waals surface area contributed by atoms with Gasteiger partial charge in [-0.3, -0.25) is 4.79 Å². The fourth-order valence-corrected chi connectivity index (χ4v) is 2.84. The van der Waals surface area contributed by atoms with Gasteiger partial charge in [-0.2, -0.15) is 0 Å². The molecule has 1 saturated heterocycles. The van der Waals surface area contributed by atoms with Gasteiger partial charge in [0, 0.05) is 25.6 Å². The summed E-state index contributed by atoms with van der Waals surface area (Å²) >= 11 is 0. The molecule has 1 fully saturated rings. The lowest BCUT2D eigenvalue weighted by atomic mass is 9.97. The van der Waals surface area contributed by atoms with E-state index in [2.05, 4.69) is 6.92 Å². The molecule has 0 bridgehead atoms. The summed E-state index contributed by atoms with van der Waals surface area (Å²) < 4.78 is 5.15. The number of nitrogens with two attached hydrogens (primary N) is 1. The molecule has 2 N–H and O–H groups in total. The van der Waals surface area contributed by atoms with E-state index in [0.717, 1.165) is 25.1 Å². The molecule has 0 aromatic heterocycles. The van der Waals surface area contributed by atoms with Gasteiger partial charge in [0.1, 0.15) is 5.75 Å². The van der Waals surface area contributed by atoms with E-state index in [1.807, 2.05) is 29.2 Å². The standard InChI is InChI=1S/C16H24N2O2.ClH/c1-12(13-5-7-15(20-2)8-6-13)10-16(19)18-9-3-4-14(18)11-17;/h5-8,12,14H,3-4,9-11,17H2,1-2H3;1H. The molecule has 1 amide bonds. The Morgan fingerprint density at radius 1 is 1.43 bits per heavy atom. The van der Waals surface area contributed by atoms with Crippen molar-refractivity contribution in [3.05, 3.63) is 29.8 Å². The second-order valence-corrected chi connectivity index (χ2v) is 5.50. The van der Waals surface area contributed by atoms with Crippen LogP contribution in [0.3, 0.4) is 0 Å². The fraction of sp³-hybridized carbons (Fsp3) is 0.562. The van der Waals surface area contributed by atoms with Gasteiger partial charge in [0.05, 0.1) is 7.11 Å². The molecule has 2 unspecified atom stereocenters. The molecule has 0 radical (unpaired) electrons. The van der Waals surface area contributed by atoms with Gasteiger partial charge in [-0.25, -0.2) is 0 Å². The Morgan fingerprint density at radius 3 is 2.67 bits per heavy atom. The van der Waals surface area contributed by atoms with Gasteiger partial charge in [-0.15, -0.1) is 12.4 Å². The van der Waals surface area contributed by atoms with Gasteiger partial charge in [0.2, 0.25) is 5.91 Å². The maximum absolute atomic E-state index is 12.4. The van der Waals surface area contributed by atoms with E-state index >= 15 is 0 Å². The summed E-state index contributed by atoms with van der Waals surface area (Å²) in [7, 11) is 1.66. The SMILES string of the molecule is COc1ccc(C(C)CC(=O)N2CCCC2CN)cc1.Cl. The summed E-state index contributed by atoms with van der Waals surface area (Å²) in [5.74, 6) is 1.28. The molecule has 1 aliphatic rings. The Bertz CT molecular complexity index is 450. The van der Waals surface area contributed by atoms with Crippen LogP contribution in [0.1, 0.15) is 37.7 Å². The fourth-order valence-electron chi connectivity index (χ4n) is 2.84. The third-order valence-electron chi connectivity index (χ3n) is 4.14. The van der Waals surface area contributed by atoms with Gasteiger partial charge in [-0.1, -0.05) is 19.1 Å². The van der Waals surface area contributed by atoms with Gasteiger partial charge in [-0.05, 0) is 36.5 Å². The molecular weight excluding hydrogens is 288 g/mol. The molecule has 1 heterocycles. The summed E-state index contributed by atoms with van der Waals surface area (Å²) in [6, 6.07) is 8.18. The highest BCUT2D eigenvalue weighted by atomic mass is 35.5. The summed E-state index contributed by atoms with van der Waals surface area (Å²) in [5.41, 5.74) is 6.90. The number of methoxy groups -OCH3 is 1. The van der Waals surface area contributed by atoms with Crippen LogP contribution in [0.4, 0.5) is 0 Å². The highest BCUT2D eigenvalue weighted by Gasteiger charge is 2.28. The van der Waals surface area contributed by atoms with Gasteiger partial charge in [0.15, 0.2) is 0 Å². The summed E-state index contributed by atoms with van der Waals surface area (Å²) in [5, 5.41) is 0. The number of ether oxygens (including phenoxy) is 1. The Morgan fingerprint density at radius 2 is 2.10 bits per heavy atom. The van der Waals surface area contributed by atoms with Crippen molar-refractivity contribution in [1.82, 2.24) is 4.90 Å². The highest BCUT2D eigenvalue weighted by Crippen LogP contribution is 2.25. The Kier molecular flexibility index (Phi) is 6.99. The molecule has 1 aliphatic heterocycles. The zero-order valence-electron chi connectivity index (χ0n) is 12.7. The van der Waals surface area contributed by atoms with Gasteiger partial charge >= 0.3 is 0 Å². The number of hydrogen-bond donors (Lipinski definition) is 1. The van der Waals surface area contributed by atoms with Crippen LogP contribution in [0.25, 0.3) is 0 Å². The van der Waals surface area contributed by atoms with Crippen molar-refractivity contribution < 1.29 is 9.53 Å². The van der Waals surface area contributed by atoms with Crippen LogP contribution in [-0.4, -0.2) is 37.0 Å². The summed E-state index contributed by atoms with van der Waals surface area (Å²) in [6.07, 6.45) is 2.66. The van der Waals surface area contributed by atoms with Crippen LogP contribution >= 0.6 is 12.4 Å². The minimum Gasteiger partial charge on any atom is -0.497 e. The van der Waals surface area contributed by atoms with E-state index in [4.69, 9.17) is 10.5 Å². The Balaban J connectivity index is 0.00000220. The van der Waals surface area contributed by atoms with Crippen molar-refractivity contribution in [3.63, 3.8) is 0 Å². The number of nitrogens with zero attached hydrogens (tertiary/aromatic N) is 1. The smallest absolute Gasteiger partial charge is 0.223 e. The van der Waals surface area contributed by atoms with E-state index in [9.17, 15) is 4.79 Å². The van der Waals surface area contributed by atoms with Crippen LogP contribution in [0.2, 0.25) is 0 Å². The van der Waals surface area contributed by atoms with E-state index in [0.29, 0.717) is 13.0 Å². The van der Waals surface area contributed by atoms with Crippen LogP contribution in [0.5, 0.6) is 5.75 Å². The maximum atomic E-state index is 12.4. The molecule has 2 atom stereocenters. The molecule has 1 aromatic carbocycles. The first-order chi connectivity index (χ1) is 9.65. The molecule has 0 aliphatic carbocycles. The van der Waals surface area contributed by atoms with Crippen molar-refractivity contribution >= 4 is 18.3 Å². The molecule has 21 heavy (non-hydrogen) atoms. The monoisotopic (exact) mass is 312 g/mol. The number of hydrogen-bond acceptors (Lipinski definition) is 3. The van der Waals surface area contributed by atoms with Crippen molar-refractivity contribution in [3.8, 4) is 5.75 Å². The normalized spacial score (nSPS) is 19.0. The minimum atomic E-state index is 0. The van der Waals surface area contributed by atoms with Crippen molar-refractivity contribution in [2.24, 2.45) is 5.73 Å². The number of halogens is 1. The lowest BCUT2D eigenvalue weighted by Gasteiger charge is -2.25. The second kappa shape index (κ2) is 8.25. The molecule has 5 heteroatoms. The van der Waals surface area contributed by atoms with E-state index in [1.54, 1.807) is 7.11 Å². The average Bonchev–Trinajstić information content (AvgIpc) is 2.95. The van der Waals surface area contributed by atoms with E-state index in [-0.39, 0.29) is 30.3 Å². The van der Waals surface area contributed by atoms with Crippen LogP contribution < -0.4 is 10.5 Å². The quantitative estimate of drug-likeness (QED) is 0.909. The lowest BCUT2D eigenvalue weighted by molar-refractivity contribution is -0.132. The maximum Gasteiger partial charge on any atom is 0.223 e. The molecule has 0 spiro atoms. The molecule has 4 nitrogen and oxygen atoms in total. The predicted octanol–water partition coefficient (Wildman–Crippen LogP) is 2.56. The van der Waals surface area contributed by atoms with Gasteiger partial charge < -0.3 is 15.4 Å².